The molecule has 1 amide bonds. The molecule has 1 unspecified atom stereocenters. The van der Waals surface area contributed by atoms with Gasteiger partial charge in [0.2, 0.25) is 5.91 Å². The van der Waals surface area contributed by atoms with Gasteiger partial charge in [0.15, 0.2) is 0 Å². The van der Waals surface area contributed by atoms with Gasteiger partial charge >= 0.3 is 0 Å². The minimum absolute atomic E-state index is 0. The average Bonchev–Trinajstić information content (AvgIpc) is 2.64. The van der Waals surface area contributed by atoms with Gasteiger partial charge in [0.1, 0.15) is 0 Å². The van der Waals surface area contributed by atoms with Crippen LogP contribution in [0.5, 0.6) is 0 Å². The van der Waals surface area contributed by atoms with Crippen molar-refractivity contribution in [2.45, 2.75) is 38.1 Å². The van der Waals surface area contributed by atoms with E-state index < -0.39 is 0 Å². The Kier molecular flexibility index (Phi) is 8.66. The largest absolute Gasteiger partial charge is 0.352 e. The molecule has 2 N–H and O–H groups in total. The SMILES string of the molecule is Cl.O=C(CC(Cc1ccccc1)Cc1ccccc1)NC1CCCNC1. The lowest BCUT2D eigenvalue weighted by Crippen LogP contribution is -2.46. The van der Waals surface area contributed by atoms with Crippen molar-refractivity contribution in [2.24, 2.45) is 5.92 Å². The van der Waals surface area contributed by atoms with Crippen LogP contribution in [0.25, 0.3) is 0 Å². The lowest BCUT2D eigenvalue weighted by atomic mass is 9.89. The first-order chi connectivity index (χ1) is 12.3. The van der Waals surface area contributed by atoms with Crippen molar-refractivity contribution in [3.8, 4) is 0 Å². The van der Waals surface area contributed by atoms with Crippen LogP contribution in [0.15, 0.2) is 60.7 Å². The van der Waals surface area contributed by atoms with Crippen molar-refractivity contribution >= 4 is 18.3 Å². The first kappa shape index (κ1) is 20.5. The summed E-state index contributed by atoms with van der Waals surface area (Å²) in [5.41, 5.74) is 2.60. The number of rotatable bonds is 7. The highest BCUT2D eigenvalue weighted by atomic mass is 35.5. The van der Waals surface area contributed by atoms with E-state index in [0.29, 0.717) is 12.3 Å². The summed E-state index contributed by atoms with van der Waals surface area (Å²) in [5.74, 6) is 0.506. The van der Waals surface area contributed by atoms with Crippen LogP contribution in [0, 0.1) is 5.92 Å². The Balaban J connectivity index is 0.00000243. The fraction of sp³-hybridized carbons (Fsp3) is 0.409. The summed E-state index contributed by atoms with van der Waals surface area (Å²) in [4.78, 5) is 12.6. The molecule has 0 aromatic heterocycles. The highest BCUT2D eigenvalue weighted by Crippen LogP contribution is 2.18. The summed E-state index contributed by atoms with van der Waals surface area (Å²) in [7, 11) is 0. The van der Waals surface area contributed by atoms with E-state index in [0.717, 1.165) is 38.8 Å². The van der Waals surface area contributed by atoms with E-state index in [1.807, 2.05) is 12.1 Å². The van der Waals surface area contributed by atoms with E-state index in [2.05, 4.69) is 59.2 Å². The topological polar surface area (TPSA) is 41.1 Å². The van der Waals surface area contributed by atoms with E-state index in [4.69, 9.17) is 0 Å². The second-order valence-electron chi connectivity index (χ2n) is 7.06. The van der Waals surface area contributed by atoms with Crippen LogP contribution in [-0.4, -0.2) is 25.0 Å². The van der Waals surface area contributed by atoms with Gasteiger partial charge in [0.25, 0.3) is 0 Å². The molecule has 1 atom stereocenters. The van der Waals surface area contributed by atoms with Gasteiger partial charge in [-0.2, -0.15) is 0 Å². The van der Waals surface area contributed by atoms with Crippen molar-refractivity contribution in [3.05, 3.63) is 71.8 Å². The predicted molar refractivity (Wildman–Crippen MR) is 110 cm³/mol. The molecule has 1 aliphatic rings. The molecule has 2 aromatic rings. The third-order valence-corrected chi connectivity index (χ3v) is 4.87. The maximum absolute atomic E-state index is 12.6. The molecular formula is C22H29ClN2O. The minimum atomic E-state index is 0. The fourth-order valence-corrected chi connectivity index (χ4v) is 3.64. The molecule has 140 valence electrons. The Morgan fingerprint density at radius 3 is 2.08 bits per heavy atom. The van der Waals surface area contributed by atoms with E-state index >= 15 is 0 Å². The smallest absolute Gasteiger partial charge is 0.220 e. The summed E-state index contributed by atoms with van der Waals surface area (Å²) < 4.78 is 0. The van der Waals surface area contributed by atoms with Gasteiger partial charge in [0.05, 0.1) is 0 Å². The van der Waals surface area contributed by atoms with Gasteiger partial charge in [-0.25, -0.2) is 0 Å². The molecule has 0 aliphatic carbocycles. The molecule has 0 spiro atoms. The first-order valence-corrected chi connectivity index (χ1v) is 9.37. The molecule has 0 radical (unpaired) electrons. The van der Waals surface area contributed by atoms with E-state index in [9.17, 15) is 4.79 Å². The molecule has 1 aliphatic heterocycles. The average molecular weight is 373 g/mol. The Hall–Kier alpha value is -1.84. The predicted octanol–water partition coefficient (Wildman–Crippen LogP) is 3.77. The van der Waals surface area contributed by atoms with Crippen LogP contribution in [0.4, 0.5) is 0 Å². The number of amides is 1. The molecule has 2 aromatic carbocycles. The zero-order chi connectivity index (χ0) is 17.3. The van der Waals surface area contributed by atoms with Crippen molar-refractivity contribution < 1.29 is 4.79 Å². The number of nitrogens with one attached hydrogen (secondary N) is 2. The molecule has 26 heavy (non-hydrogen) atoms. The number of carbonyl (C=O) groups is 1. The van der Waals surface area contributed by atoms with Gasteiger partial charge in [-0.1, -0.05) is 60.7 Å². The van der Waals surface area contributed by atoms with Crippen LogP contribution in [0.1, 0.15) is 30.4 Å². The molecule has 3 rings (SSSR count). The Labute approximate surface area is 163 Å². The van der Waals surface area contributed by atoms with E-state index in [1.54, 1.807) is 0 Å². The summed E-state index contributed by atoms with van der Waals surface area (Å²) in [5, 5.41) is 6.58. The summed E-state index contributed by atoms with van der Waals surface area (Å²) >= 11 is 0. The highest BCUT2D eigenvalue weighted by Gasteiger charge is 2.19. The van der Waals surface area contributed by atoms with Crippen molar-refractivity contribution in [3.63, 3.8) is 0 Å². The van der Waals surface area contributed by atoms with Gasteiger partial charge < -0.3 is 10.6 Å². The number of benzene rings is 2. The molecular weight excluding hydrogens is 344 g/mol. The van der Waals surface area contributed by atoms with Gasteiger partial charge in [-0.3, -0.25) is 4.79 Å². The standard InChI is InChI=1S/C22H28N2O.ClH/c25-22(24-21-12-7-13-23-17-21)16-20(14-18-8-3-1-4-9-18)15-19-10-5-2-6-11-19;/h1-6,8-11,20-21,23H,7,12-17H2,(H,24,25);1H. The summed E-state index contributed by atoms with van der Waals surface area (Å²) in [6.45, 7) is 1.96. The zero-order valence-corrected chi connectivity index (χ0v) is 16.0. The summed E-state index contributed by atoms with van der Waals surface area (Å²) in [6, 6.07) is 21.3. The number of hydrogen-bond donors (Lipinski definition) is 2. The molecule has 3 nitrogen and oxygen atoms in total. The summed E-state index contributed by atoms with van der Waals surface area (Å²) in [6.07, 6.45) is 4.68. The number of carbonyl (C=O) groups excluding carboxylic acids is 1. The monoisotopic (exact) mass is 372 g/mol. The third-order valence-electron chi connectivity index (χ3n) is 4.87. The van der Waals surface area contributed by atoms with Gasteiger partial charge in [-0.15, -0.1) is 12.4 Å². The van der Waals surface area contributed by atoms with E-state index in [1.165, 1.54) is 11.1 Å². The van der Waals surface area contributed by atoms with Crippen LogP contribution >= 0.6 is 12.4 Å². The lowest BCUT2D eigenvalue weighted by Gasteiger charge is -2.25. The molecule has 1 heterocycles. The van der Waals surface area contributed by atoms with E-state index in [-0.39, 0.29) is 24.4 Å². The first-order valence-electron chi connectivity index (χ1n) is 9.37. The Bertz CT molecular complexity index is 600. The van der Waals surface area contributed by atoms with Crippen molar-refractivity contribution in [1.82, 2.24) is 10.6 Å². The van der Waals surface area contributed by atoms with Gasteiger partial charge in [0, 0.05) is 19.0 Å². The van der Waals surface area contributed by atoms with Crippen LogP contribution in [0.3, 0.4) is 0 Å². The Morgan fingerprint density at radius 1 is 1.00 bits per heavy atom. The van der Waals surface area contributed by atoms with Crippen molar-refractivity contribution in [1.29, 1.82) is 0 Å². The highest BCUT2D eigenvalue weighted by molar-refractivity contribution is 5.85. The quantitative estimate of drug-likeness (QED) is 0.776. The third kappa shape index (κ3) is 6.81. The van der Waals surface area contributed by atoms with Crippen LogP contribution < -0.4 is 10.6 Å². The van der Waals surface area contributed by atoms with Crippen LogP contribution in [0.2, 0.25) is 0 Å². The zero-order valence-electron chi connectivity index (χ0n) is 15.2. The maximum atomic E-state index is 12.6. The molecule has 0 bridgehead atoms. The normalized spacial score (nSPS) is 16.7. The molecule has 1 fully saturated rings. The Morgan fingerprint density at radius 2 is 1.58 bits per heavy atom. The van der Waals surface area contributed by atoms with Crippen LogP contribution in [-0.2, 0) is 17.6 Å². The van der Waals surface area contributed by atoms with Crippen molar-refractivity contribution in [2.75, 3.05) is 13.1 Å². The number of hydrogen-bond acceptors (Lipinski definition) is 2. The minimum Gasteiger partial charge on any atom is -0.352 e. The number of halogens is 1. The number of piperidine rings is 1. The molecule has 0 saturated carbocycles. The second kappa shape index (κ2) is 11.0. The maximum Gasteiger partial charge on any atom is 0.220 e. The molecule has 1 saturated heterocycles. The lowest BCUT2D eigenvalue weighted by molar-refractivity contribution is -0.122. The second-order valence-corrected chi connectivity index (χ2v) is 7.06. The fourth-order valence-electron chi connectivity index (χ4n) is 3.64. The van der Waals surface area contributed by atoms with Gasteiger partial charge in [-0.05, 0) is 49.3 Å². The molecule has 4 heteroatoms.